The van der Waals surface area contributed by atoms with Gasteiger partial charge in [-0.2, -0.15) is 4.98 Å². The fourth-order valence-electron chi connectivity index (χ4n) is 3.01. The minimum atomic E-state index is -0.456. The molecule has 1 aliphatic rings. The minimum Gasteiger partial charge on any atom is -0.465 e. The van der Waals surface area contributed by atoms with E-state index in [4.69, 9.17) is 9.47 Å². The topological polar surface area (TPSA) is 80.3 Å². The van der Waals surface area contributed by atoms with Crippen LogP contribution in [0.25, 0.3) is 11.2 Å². The Balaban J connectivity index is 1.47. The molecule has 1 saturated heterocycles. The number of aromatic nitrogens is 3. The number of amides is 1. The number of imidazole rings is 1. The molecule has 2 aromatic heterocycles. The second kappa shape index (κ2) is 7.29. The fraction of sp³-hybridized carbons (Fsp3) is 0.611. The summed E-state index contributed by atoms with van der Waals surface area (Å²) in [5.74, 6) is 0.420. The van der Waals surface area contributed by atoms with Gasteiger partial charge in [-0.05, 0) is 58.1 Å². The molecular formula is C18H26N4O3. The van der Waals surface area contributed by atoms with E-state index in [1.54, 1.807) is 6.20 Å². The number of pyridine rings is 1. The Morgan fingerprint density at radius 1 is 1.44 bits per heavy atom. The lowest BCUT2D eigenvalue weighted by molar-refractivity contribution is 0.0154. The van der Waals surface area contributed by atoms with Crippen molar-refractivity contribution in [1.82, 2.24) is 19.9 Å². The summed E-state index contributed by atoms with van der Waals surface area (Å²) in [7, 11) is 0. The number of hydrogen-bond donors (Lipinski definition) is 1. The largest absolute Gasteiger partial charge is 0.465 e. The number of carbonyl (C=O) groups is 1. The average molecular weight is 346 g/mol. The zero-order valence-corrected chi connectivity index (χ0v) is 15.1. The van der Waals surface area contributed by atoms with Gasteiger partial charge < -0.3 is 19.4 Å². The molecule has 1 atom stereocenters. The maximum absolute atomic E-state index is 12.2. The quantitative estimate of drug-likeness (QED) is 0.918. The Bertz CT molecular complexity index is 689. The van der Waals surface area contributed by atoms with E-state index in [9.17, 15) is 4.79 Å². The molecule has 1 amide bonds. The number of carbonyl (C=O) groups excluding carboxylic acids is 1. The molecule has 0 saturated carbocycles. The van der Waals surface area contributed by atoms with Gasteiger partial charge in [-0.1, -0.05) is 0 Å². The van der Waals surface area contributed by atoms with Gasteiger partial charge in [-0.25, -0.2) is 9.78 Å². The predicted octanol–water partition coefficient (Wildman–Crippen LogP) is 3.37. The molecule has 7 nitrogen and oxygen atoms in total. The van der Waals surface area contributed by atoms with Gasteiger partial charge in [0.05, 0.1) is 12.1 Å². The highest BCUT2D eigenvalue weighted by Crippen LogP contribution is 2.22. The van der Waals surface area contributed by atoms with Gasteiger partial charge in [0.25, 0.3) is 6.01 Å². The first-order chi connectivity index (χ1) is 11.9. The normalized spacial score (nSPS) is 18.4. The number of likely N-dealkylation sites (tertiary alicyclic amines) is 1. The van der Waals surface area contributed by atoms with E-state index in [2.05, 4.69) is 15.0 Å². The van der Waals surface area contributed by atoms with Crippen molar-refractivity contribution in [3.8, 4) is 6.01 Å². The Hall–Kier alpha value is -2.31. The molecule has 25 heavy (non-hydrogen) atoms. The molecule has 0 aliphatic carbocycles. The number of nitrogens with zero attached hydrogens (tertiary/aromatic N) is 3. The number of fused-ring (bicyclic) bond motifs is 1. The number of nitrogens with one attached hydrogen (secondary N) is 1. The van der Waals surface area contributed by atoms with Gasteiger partial charge in [-0.15, -0.1) is 0 Å². The van der Waals surface area contributed by atoms with Crippen LogP contribution in [0.15, 0.2) is 18.3 Å². The van der Waals surface area contributed by atoms with Crippen LogP contribution >= 0.6 is 0 Å². The second-order valence-corrected chi connectivity index (χ2v) is 7.49. The molecule has 3 heterocycles. The molecule has 7 heteroatoms. The third-order valence-corrected chi connectivity index (χ3v) is 4.17. The average Bonchev–Trinajstić information content (AvgIpc) is 2.96. The van der Waals surface area contributed by atoms with Crippen LogP contribution in [0.5, 0.6) is 6.01 Å². The van der Waals surface area contributed by atoms with Gasteiger partial charge >= 0.3 is 6.09 Å². The third-order valence-electron chi connectivity index (χ3n) is 4.17. The zero-order valence-electron chi connectivity index (χ0n) is 15.1. The monoisotopic (exact) mass is 346 g/mol. The minimum absolute atomic E-state index is 0.221. The van der Waals surface area contributed by atoms with Crippen LogP contribution < -0.4 is 4.74 Å². The highest BCUT2D eigenvalue weighted by Gasteiger charge is 2.27. The van der Waals surface area contributed by atoms with Crippen LogP contribution in [0.3, 0.4) is 0 Å². The SMILES string of the molecule is CC(C)(C)OC(=O)N1CCC[C@@H](CCOc2nc3ncccc3[nH]2)C1. The van der Waals surface area contributed by atoms with Crippen LogP contribution in [-0.2, 0) is 4.74 Å². The van der Waals surface area contributed by atoms with Crippen molar-refractivity contribution >= 4 is 17.3 Å². The molecule has 1 fully saturated rings. The summed E-state index contributed by atoms with van der Waals surface area (Å²) in [6, 6.07) is 4.27. The molecule has 0 radical (unpaired) electrons. The number of aromatic amines is 1. The lowest BCUT2D eigenvalue weighted by Gasteiger charge is -2.34. The van der Waals surface area contributed by atoms with Crippen molar-refractivity contribution in [2.24, 2.45) is 5.92 Å². The van der Waals surface area contributed by atoms with Crippen molar-refractivity contribution in [3.05, 3.63) is 18.3 Å². The molecular weight excluding hydrogens is 320 g/mol. The van der Waals surface area contributed by atoms with E-state index < -0.39 is 5.60 Å². The third kappa shape index (κ3) is 4.84. The molecule has 2 aromatic rings. The molecule has 3 rings (SSSR count). The molecule has 1 aliphatic heterocycles. The Morgan fingerprint density at radius 2 is 2.28 bits per heavy atom. The first-order valence-corrected chi connectivity index (χ1v) is 8.82. The Kier molecular flexibility index (Phi) is 5.11. The maximum atomic E-state index is 12.2. The maximum Gasteiger partial charge on any atom is 0.410 e. The number of ether oxygens (including phenoxy) is 2. The van der Waals surface area contributed by atoms with E-state index in [1.807, 2.05) is 37.8 Å². The van der Waals surface area contributed by atoms with Gasteiger partial charge in [-0.3, -0.25) is 0 Å². The summed E-state index contributed by atoms with van der Waals surface area (Å²) >= 11 is 0. The van der Waals surface area contributed by atoms with Gasteiger partial charge in [0, 0.05) is 19.3 Å². The molecule has 0 unspecified atom stereocenters. The second-order valence-electron chi connectivity index (χ2n) is 7.49. The molecule has 0 bridgehead atoms. The van der Waals surface area contributed by atoms with Crippen LogP contribution in [0.4, 0.5) is 4.79 Å². The zero-order chi connectivity index (χ0) is 17.9. The van der Waals surface area contributed by atoms with E-state index in [-0.39, 0.29) is 6.09 Å². The van der Waals surface area contributed by atoms with Crippen LogP contribution in [0.2, 0.25) is 0 Å². The number of rotatable bonds is 4. The molecule has 0 spiro atoms. The van der Waals surface area contributed by atoms with Crippen molar-refractivity contribution in [2.75, 3.05) is 19.7 Å². The summed E-state index contributed by atoms with van der Waals surface area (Å²) in [5, 5.41) is 0. The van der Waals surface area contributed by atoms with Crippen molar-refractivity contribution in [3.63, 3.8) is 0 Å². The highest BCUT2D eigenvalue weighted by molar-refractivity contribution is 5.70. The summed E-state index contributed by atoms with van der Waals surface area (Å²) < 4.78 is 11.2. The van der Waals surface area contributed by atoms with Gasteiger partial charge in [0.15, 0.2) is 5.65 Å². The van der Waals surface area contributed by atoms with E-state index >= 15 is 0 Å². The van der Waals surface area contributed by atoms with E-state index in [1.165, 1.54) is 0 Å². The summed E-state index contributed by atoms with van der Waals surface area (Å²) in [5.41, 5.74) is 1.07. The lowest BCUT2D eigenvalue weighted by Crippen LogP contribution is -2.43. The first-order valence-electron chi connectivity index (χ1n) is 8.82. The summed E-state index contributed by atoms with van der Waals surface area (Å²) in [6.45, 7) is 7.72. The van der Waals surface area contributed by atoms with Gasteiger partial charge in [0.2, 0.25) is 0 Å². The van der Waals surface area contributed by atoms with Crippen LogP contribution in [0, 0.1) is 5.92 Å². The Morgan fingerprint density at radius 3 is 3.04 bits per heavy atom. The van der Waals surface area contributed by atoms with Gasteiger partial charge in [0.1, 0.15) is 5.60 Å². The standard InChI is InChI=1S/C18H26N4O3/c1-18(2,3)25-17(23)22-10-5-6-13(12-22)8-11-24-16-20-14-7-4-9-19-15(14)21-16/h4,7,9,13H,5-6,8,10-12H2,1-3H3,(H,19,20,21)/t13-/m0/s1. The van der Waals surface area contributed by atoms with Crippen LogP contribution in [0.1, 0.15) is 40.0 Å². The van der Waals surface area contributed by atoms with Crippen molar-refractivity contribution in [1.29, 1.82) is 0 Å². The predicted molar refractivity (Wildman–Crippen MR) is 94.5 cm³/mol. The Labute approximate surface area is 147 Å². The number of H-pyrrole nitrogens is 1. The summed E-state index contributed by atoms with van der Waals surface area (Å²) in [6.07, 6.45) is 4.47. The van der Waals surface area contributed by atoms with E-state index in [0.29, 0.717) is 24.2 Å². The number of hydrogen-bond acceptors (Lipinski definition) is 5. The highest BCUT2D eigenvalue weighted by atomic mass is 16.6. The number of piperidine rings is 1. The smallest absolute Gasteiger partial charge is 0.410 e. The first kappa shape index (κ1) is 17.5. The van der Waals surface area contributed by atoms with Crippen LogP contribution in [-0.4, -0.2) is 51.2 Å². The molecule has 136 valence electrons. The van der Waals surface area contributed by atoms with E-state index in [0.717, 1.165) is 37.9 Å². The summed E-state index contributed by atoms with van der Waals surface area (Å²) in [4.78, 5) is 25.6. The molecule has 1 N–H and O–H groups in total. The van der Waals surface area contributed by atoms with Crippen molar-refractivity contribution in [2.45, 2.75) is 45.6 Å². The molecule has 0 aromatic carbocycles. The fourth-order valence-corrected chi connectivity index (χ4v) is 3.01. The lowest BCUT2D eigenvalue weighted by atomic mass is 9.95. The van der Waals surface area contributed by atoms with Crippen molar-refractivity contribution < 1.29 is 14.3 Å².